The minimum absolute atomic E-state index is 0.0550. The standard InChI is InChI=1S/C20H21NO2/c1-12(2)11-21-19-7-5-15(13(3)22)9-17(19)18-10-16(14(4)23)6-8-20(18)21/h5-10,12H,11H2,1-4H3. The van der Waals surface area contributed by atoms with Crippen molar-refractivity contribution in [2.75, 3.05) is 0 Å². The zero-order chi connectivity index (χ0) is 16.7. The number of Topliss-reactive ketones (excluding diaryl/α,β-unsaturated/α-hetero) is 2. The highest BCUT2D eigenvalue weighted by molar-refractivity contribution is 6.12. The topological polar surface area (TPSA) is 39.1 Å². The Morgan fingerprint density at radius 1 is 0.870 bits per heavy atom. The Morgan fingerprint density at radius 2 is 1.30 bits per heavy atom. The summed E-state index contributed by atoms with van der Waals surface area (Å²) in [5.74, 6) is 0.618. The van der Waals surface area contributed by atoms with Crippen molar-refractivity contribution in [1.82, 2.24) is 4.57 Å². The van der Waals surface area contributed by atoms with Crippen LogP contribution in [0.1, 0.15) is 48.4 Å². The monoisotopic (exact) mass is 307 g/mol. The van der Waals surface area contributed by atoms with Gasteiger partial charge in [0.05, 0.1) is 0 Å². The molecule has 1 aromatic heterocycles. The number of carbonyl (C=O) groups excluding carboxylic acids is 2. The van der Waals surface area contributed by atoms with Crippen LogP contribution < -0.4 is 0 Å². The van der Waals surface area contributed by atoms with E-state index in [9.17, 15) is 9.59 Å². The first kappa shape index (κ1) is 15.5. The van der Waals surface area contributed by atoms with E-state index < -0.39 is 0 Å². The number of benzene rings is 2. The lowest BCUT2D eigenvalue weighted by molar-refractivity contribution is 0.100. The highest BCUT2D eigenvalue weighted by Crippen LogP contribution is 2.31. The van der Waals surface area contributed by atoms with E-state index in [2.05, 4.69) is 18.4 Å². The molecule has 0 aliphatic rings. The third kappa shape index (κ3) is 2.67. The zero-order valence-corrected chi connectivity index (χ0v) is 14.0. The van der Waals surface area contributed by atoms with Gasteiger partial charge >= 0.3 is 0 Å². The number of ketones is 2. The molecule has 3 aromatic rings. The molecule has 0 amide bonds. The van der Waals surface area contributed by atoms with Crippen LogP contribution in [0.3, 0.4) is 0 Å². The predicted molar refractivity (Wildman–Crippen MR) is 94.3 cm³/mol. The highest BCUT2D eigenvalue weighted by atomic mass is 16.1. The van der Waals surface area contributed by atoms with E-state index in [1.165, 1.54) is 0 Å². The normalized spacial score (nSPS) is 11.5. The van der Waals surface area contributed by atoms with Crippen LogP contribution in [-0.4, -0.2) is 16.1 Å². The third-order valence-corrected chi connectivity index (χ3v) is 4.23. The first-order valence-corrected chi connectivity index (χ1v) is 7.96. The molecule has 118 valence electrons. The van der Waals surface area contributed by atoms with Gasteiger partial charge in [0, 0.05) is 39.5 Å². The molecule has 0 fully saturated rings. The molecular weight excluding hydrogens is 286 g/mol. The second-order valence-corrected chi connectivity index (χ2v) is 6.58. The van der Waals surface area contributed by atoms with Crippen LogP contribution in [0.5, 0.6) is 0 Å². The van der Waals surface area contributed by atoms with E-state index in [4.69, 9.17) is 0 Å². The minimum Gasteiger partial charge on any atom is -0.340 e. The maximum Gasteiger partial charge on any atom is 0.159 e. The molecule has 0 unspecified atom stereocenters. The van der Waals surface area contributed by atoms with Gasteiger partial charge in [0.1, 0.15) is 0 Å². The molecule has 0 bridgehead atoms. The quantitative estimate of drug-likeness (QED) is 0.646. The summed E-state index contributed by atoms with van der Waals surface area (Å²) in [6.07, 6.45) is 0. The second-order valence-electron chi connectivity index (χ2n) is 6.58. The Balaban J connectivity index is 2.40. The molecule has 0 saturated carbocycles. The minimum atomic E-state index is 0.0550. The largest absolute Gasteiger partial charge is 0.340 e. The predicted octanol–water partition coefficient (Wildman–Crippen LogP) is 4.86. The summed E-state index contributed by atoms with van der Waals surface area (Å²) >= 11 is 0. The maximum absolute atomic E-state index is 11.7. The molecule has 23 heavy (non-hydrogen) atoms. The number of aromatic nitrogens is 1. The van der Waals surface area contributed by atoms with Crippen LogP contribution in [0.15, 0.2) is 36.4 Å². The van der Waals surface area contributed by atoms with E-state index in [1.807, 2.05) is 36.4 Å². The Morgan fingerprint density at radius 3 is 1.65 bits per heavy atom. The van der Waals surface area contributed by atoms with Gasteiger partial charge in [-0.25, -0.2) is 0 Å². The molecule has 3 nitrogen and oxygen atoms in total. The summed E-state index contributed by atoms with van der Waals surface area (Å²) in [7, 11) is 0. The number of rotatable bonds is 4. The maximum atomic E-state index is 11.7. The van der Waals surface area contributed by atoms with Crippen molar-refractivity contribution in [2.45, 2.75) is 34.2 Å². The van der Waals surface area contributed by atoms with E-state index in [0.29, 0.717) is 17.0 Å². The molecule has 1 heterocycles. The van der Waals surface area contributed by atoms with Gasteiger partial charge in [0.2, 0.25) is 0 Å². The molecule has 0 aliphatic heterocycles. The second kappa shape index (κ2) is 5.65. The molecule has 0 aliphatic carbocycles. The van der Waals surface area contributed by atoms with Crippen molar-refractivity contribution >= 4 is 33.4 Å². The van der Waals surface area contributed by atoms with Gasteiger partial charge < -0.3 is 4.57 Å². The molecule has 2 aromatic carbocycles. The zero-order valence-electron chi connectivity index (χ0n) is 14.0. The van der Waals surface area contributed by atoms with Gasteiger partial charge in [-0.05, 0) is 56.2 Å². The van der Waals surface area contributed by atoms with Crippen LogP contribution >= 0.6 is 0 Å². The van der Waals surface area contributed by atoms with Crippen molar-refractivity contribution in [3.63, 3.8) is 0 Å². The fourth-order valence-electron chi connectivity index (χ4n) is 3.10. The third-order valence-electron chi connectivity index (χ3n) is 4.23. The smallest absolute Gasteiger partial charge is 0.159 e. The number of nitrogens with zero attached hydrogens (tertiary/aromatic N) is 1. The molecule has 3 rings (SSSR count). The summed E-state index contributed by atoms with van der Waals surface area (Å²) < 4.78 is 2.28. The van der Waals surface area contributed by atoms with Crippen LogP contribution in [0.25, 0.3) is 21.8 Å². The van der Waals surface area contributed by atoms with Crippen LogP contribution in [0, 0.1) is 5.92 Å². The van der Waals surface area contributed by atoms with Crippen LogP contribution in [0.2, 0.25) is 0 Å². The fourth-order valence-corrected chi connectivity index (χ4v) is 3.10. The van der Waals surface area contributed by atoms with Gasteiger partial charge in [-0.1, -0.05) is 13.8 Å². The van der Waals surface area contributed by atoms with Gasteiger partial charge in [-0.15, -0.1) is 0 Å². The summed E-state index contributed by atoms with van der Waals surface area (Å²) in [4.78, 5) is 23.4. The lowest BCUT2D eigenvalue weighted by Gasteiger charge is -2.10. The van der Waals surface area contributed by atoms with Crippen LogP contribution in [-0.2, 0) is 6.54 Å². The molecular formula is C20H21NO2. The number of carbonyl (C=O) groups is 2. The van der Waals surface area contributed by atoms with Gasteiger partial charge in [0.25, 0.3) is 0 Å². The average molecular weight is 307 g/mol. The Hall–Kier alpha value is -2.42. The van der Waals surface area contributed by atoms with Crippen molar-refractivity contribution in [3.05, 3.63) is 47.5 Å². The van der Waals surface area contributed by atoms with Crippen LogP contribution in [0.4, 0.5) is 0 Å². The summed E-state index contributed by atoms with van der Waals surface area (Å²) in [6.45, 7) is 8.43. The summed E-state index contributed by atoms with van der Waals surface area (Å²) in [5, 5.41) is 2.08. The number of fused-ring (bicyclic) bond motifs is 3. The number of hydrogen-bond donors (Lipinski definition) is 0. The molecule has 0 radical (unpaired) electrons. The Bertz CT molecular complexity index is 860. The first-order chi connectivity index (χ1) is 10.9. The van der Waals surface area contributed by atoms with Crippen molar-refractivity contribution in [1.29, 1.82) is 0 Å². The number of hydrogen-bond acceptors (Lipinski definition) is 2. The Labute approximate surface area is 135 Å². The first-order valence-electron chi connectivity index (χ1n) is 7.96. The molecule has 3 heteroatoms. The SMILES string of the molecule is CC(=O)c1ccc2c(c1)c1cc(C(C)=O)ccc1n2CC(C)C. The van der Waals surface area contributed by atoms with E-state index in [-0.39, 0.29) is 11.6 Å². The molecule has 0 N–H and O–H groups in total. The van der Waals surface area contributed by atoms with Gasteiger partial charge in [0.15, 0.2) is 11.6 Å². The van der Waals surface area contributed by atoms with Crippen molar-refractivity contribution in [2.24, 2.45) is 5.92 Å². The summed E-state index contributed by atoms with van der Waals surface area (Å²) in [6, 6.07) is 11.7. The highest BCUT2D eigenvalue weighted by Gasteiger charge is 2.14. The summed E-state index contributed by atoms with van der Waals surface area (Å²) in [5.41, 5.74) is 3.63. The average Bonchev–Trinajstić information content (AvgIpc) is 2.80. The Kier molecular flexibility index (Phi) is 3.80. The molecule has 0 spiro atoms. The van der Waals surface area contributed by atoms with Crippen molar-refractivity contribution in [3.8, 4) is 0 Å². The van der Waals surface area contributed by atoms with E-state index >= 15 is 0 Å². The fraction of sp³-hybridized carbons (Fsp3) is 0.300. The van der Waals surface area contributed by atoms with Crippen molar-refractivity contribution < 1.29 is 9.59 Å². The molecule has 0 atom stereocenters. The van der Waals surface area contributed by atoms with E-state index in [1.54, 1.807) is 13.8 Å². The van der Waals surface area contributed by atoms with Gasteiger partial charge in [-0.2, -0.15) is 0 Å². The lowest BCUT2D eigenvalue weighted by Crippen LogP contribution is -2.04. The van der Waals surface area contributed by atoms with Gasteiger partial charge in [-0.3, -0.25) is 9.59 Å². The lowest BCUT2D eigenvalue weighted by atomic mass is 10.0. The van der Waals surface area contributed by atoms with E-state index in [0.717, 1.165) is 28.4 Å². The molecule has 0 saturated heterocycles.